The molecule has 0 aliphatic heterocycles. The fraction of sp³-hybridized carbons (Fsp3) is 0.211. The molecule has 0 bridgehead atoms. The molecule has 21 heavy (non-hydrogen) atoms. The Morgan fingerprint density at radius 2 is 1.90 bits per heavy atom. The van der Waals surface area contributed by atoms with Crippen LogP contribution in [-0.2, 0) is 12.0 Å². The van der Waals surface area contributed by atoms with Gasteiger partial charge < -0.3 is 5.73 Å². The Labute approximate surface area is 124 Å². The lowest BCUT2D eigenvalue weighted by atomic mass is 9.84. The van der Waals surface area contributed by atoms with Crippen LogP contribution in [0.2, 0.25) is 0 Å². The van der Waals surface area contributed by atoms with Crippen molar-refractivity contribution in [2.24, 2.45) is 5.73 Å². The lowest BCUT2D eigenvalue weighted by Gasteiger charge is -2.26. The maximum Gasteiger partial charge on any atom is 0.0705 e. The second kappa shape index (κ2) is 4.40. The zero-order chi connectivity index (χ0) is 14.4. The third kappa shape index (κ3) is 1.87. The Hall–Kier alpha value is -2.19. The molecule has 0 spiro atoms. The second-order valence-corrected chi connectivity index (χ2v) is 5.99. The fourth-order valence-electron chi connectivity index (χ4n) is 3.44. The largest absolute Gasteiger partial charge is 0.318 e. The van der Waals surface area contributed by atoms with Crippen molar-refractivity contribution in [2.45, 2.75) is 25.3 Å². The number of benzene rings is 2. The van der Waals surface area contributed by atoms with Gasteiger partial charge in [0.25, 0.3) is 0 Å². The lowest BCUT2D eigenvalue weighted by molar-refractivity contribution is 0.535. The number of hydrogen-bond donors (Lipinski definition) is 1. The van der Waals surface area contributed by atoms with Gasteiger partial charge in [-0.15, -0.1) is 0 Å². The van der Waals surface area contributed by atoms with E-state index in [0.29, 0.717) is 0 Å². The van der Waals surface area contributed by atoms with Crippen molar-refractivity contribution in [1.29, 1.82) is 0 Å². The minimum atomic E-state index is -0.365. The molecule has 1 aromatic heterocycles. The third-order valence-electron chi connectivity index (χ3n) is 4.63. The van der Waals surface area contributed by atoms with E-state index >= 15 is 0 Å². The smallest absolute Gasteiger partial charge is 0.0705 e. The van der Waals surface area contributed by atoms with Crippen LogP contribution < -0.4 is 5.73 Å². The molecule has 1 aliphatic rings. The van der Waals surface area contributed by atoms with E-state index in [2.05, 4.69) is 59.6 Å². The van der Waals surface area contributed by atoms with Gasteiger partial charge in [-0.3, -0.25) is 4.98 Å². The van der Waals surface area contributed by atoms with Gasteiger partial charge in [0.15, 0.2) is 0 Å². The van der Waals surface area contributed by atoms with Crippen LogP contribution in [0, 0.1) is 6.92 Å². The number of aryl methyl sites for hydroxylation is 2. The van der Waals surface area contributed by atoms with Crippen molar-refractivity contribution in [1.82, 2.24) is 4.98 Å². The molecule has 0 radical (unpaired) electrons. The van der Waals surface area contributed by atoms with Gasteiger partial charge in [0.05, 0.1) is 11.1 Å². The molecule has 1 atom stereocenters. The molecule has 0 amide bonds. The van der Waals surface area contributed by atoms with Crippen LogP contribution >= 0.6 is 0 Å². The minimum absolute atomic E-state index is 0.365. The van der Waals surface area contributed by atoms with Crippen molar-refractivity contribution in [3.8, 4) is 0 Å². The number of nitrogens with two attached hydrogens (primary N) is 1. The first kappa shape index (κ1) is 12.5. The van der Waals surface area contributed by atoms with E-state index in [4.69, 9.17) is 5.73 Å². The van der Waals surface area contributed by atoms with Crippen LogP contribution in [-0.4, -0.2) is 4.98 Å². The summed E-state index contributed by atoms with van der Waals surface area (Å²) < 4.78 is 0. The van der Waals surface area contributed by atoms with Gasteiger partial charge >= 0.3 is 0 Å². The van der Waals surface area contributed by atoms with Crippen LogP contribution in [0.15, 0.2) is 54.6 Å². The maximum absolute atomic E-state index is 6.79. The highest BCUT2D eigenvalue weighted by molar-refractivity contribution is 5.80. The molecule has 3 aromatic rings. The minimum Gasteiger partial charge on any atom is -0.318 e. The Bertz CT molecular complexity index is 838. The molecule has 2 aromatic carbocycles. The molecule has 2 heteroatoms. The SMILES string of the molecule is Cc1ccc2cc(C3(N)CCc4ccccc43)ccc2n1. The van der Waals surface area contributed by atoms with Crippen molar-refractivity contribution >= 4 is 10.9 Å². The molecular weight excluding hydrogens is 256 g/mol. The first-order valence-corrected chi connectivity index (χ1v) is 7.42. The van der Waals surface area contributed by atoms with E-state index in [9.17, 15) is 0 Å². The summed E-state index contributed by atoms with van der Waals surface area (Å²) in [4.78, 5) is 4.57. The predicted octanol–water partition coefficient (Wildman–Crippen LogP) is 3.69. The molecule has 0 fully saturated rings. The quantitative estimate of drug-likeness (QED) is 0.735. The van der Waals surface area contributed by atoms with Gasteiger partial charge in [0.1, 0.15) is 0 Å². The summed E-state index contributed by atoms with van der Waals surface area (Å²) in [6.07, 6.45) is 2.02. The first-order valence-electron chi connectivity index (χ1n) is 7.42. The molecule has 1 heterocycles. The molecule has 0 saturated carbocycles. The van der Waals surface area contributed by atoms with Crippen molar-refractivity contribution < 1.29 is 0 Å². The summed E-state index contributed by atoms with van der Waals surface area (Å²) >= 11 is 0. The molecule has 104 valence electrons. The lowest BCUT2D eigenvalue weighted by Crippen LogP contribution is -2.35. The van der Waals surface area contributed by atoms with E-state index in [0.717, 1.165) is 29.4 Å². The number of nitrogens with zero attached hydrogens (tertiary/aromatic N) is 1. The summed E-state index contributed by atoms with van der Waals surface area (Å²) in [5.41, 5.74) is 12.3. The third-order valence-corrected chi connectivity index (χ3v) is 4.63. The molecule has 2 nitrogen and oxygen atoms in total. The van der Waals surface area contributed by atoms with Gasteiger partial charge in [0.2, 0.25) is 0 Å². The Kier molecular flexibility index (Phi) is 2.63. The van der Waals surface area contributed by atoms with Gasteiger partial charge in [-0.05, 0) is 54.7 Å². The summed E-state index contributed by atoms with van der Waals surface area (Å²) in [5.74, 6) is 0. The number of pyridine rings is 1. The molecule has 0 saturated heterocycles. The maximum atomic E-state index is 6.79. The number of rotatable bonds is 1. The number of fused-ring (bicyclic) bond motifs is 2. The van der Waals surface area contributed by atoms with E-state index in [1.807, 2.05) is 6.92 Å². The zero-order valence-electron chi connectivity index (χ0n) is 12.1. The van der Waals surface area contributed by atoms with Crippen LogP contribution in [0.3, 0.4) is 0 Å². The van der Waals surface area contributed by atoms with Gasteiger partial charge in [-0.1, -0.05) is 36.4 Å². The highest BCUT2D eigenvalue weighted by Gasteiger charge is 2.36. The van der Waals surface area contributed by atoms with Crippen molar-refractivity contribution in [2.75, 3.05) is 0 Å². The molecule has 2 N–H and O–H groups in total. The average molecular weight is 274 g/mol. The molecule has 1 aliphatic carbocycles. The molecular formula is C19H18N2. The highest BCUT2D eigenvalue weighted by Crippen LogP contribution is 2.40. The summed E-state index contributed by atoms with van der Waals surface area (Å²) in [5, 5.41) is 1.16. The van der Waals surface area contributed by atoms with Gasteiger partial charge in [-0.2, -0.15) is 0 Å². The summed E-state index contributed by atoms with van der Waals surface area (Å²) in [6, 6.07) is 19.1. The van der Waals surface area contributed by atoms with Crippen molar-refractivity contribution in [3.05, 3.63) is 77.0 Å². The standard InChI is InChI=1S/C19H18N2/c1-13-6-7-15-12-16(8-9-18(15)21-13)19(20)11-10-14-4-2-3-5-17(14)19/h2-9,12H,10-11,20H2,1H3. The summed E-state index contributed by atoms with van der Waals surface area (Å²) in [7, 11) is 0. The van der Waals surface area contributed by atoms with Gasteiger partial charge in [0, 0.05) is 11.1 Å². The van der Waals surface area contributed by atoms with Crippen LogP contribution in [0.1, 0.15) is 28.8 Å². The number of aromatic nitrogens is 1. The first-order chi connectivity index (χ1) is 10.2. The normalized spacial score (nSPS) is 20.7. The van der Waals surface area contributed by atoms with E-state index in [1.54, 1.807) is 0 Å². The van der Waals surface area contributed by atoms with Gasteiger partial charge in [-0.25, -0.2) is 0 Å². The fourth-order valence-corrected chi connectivity index (χ4v) is 3.44. The predicted molar refractivity (Wildman–Crippen MR) is 86.2 cm³/mol. The monoisotopic (exact) mass is 274 g/mol. The second-order valence-electron chi connectivity index (χ2n) is 5.99. The molecule has 1 unspecified atom stereocenters. The molecule has 4 rings (SSSR count). The average Bonchev–Trinajstić information content (AvgIpc) is 2.86. The van der Waals surface area contributed by atoms with Crippen LogP contribution in [0.25, 0.3) is 10.9 Å². The topological polar surface area (TPSA) is 38.9 Å². The van der Waals surface area contributed by atoms with E-state index < -0.39 is 0 Å². The Morgan fingerprint density at radius 1 is 1.05 bits per heavy atom. The Morgan fingerprint density at radius 3 is 2.81 bits per heavy atom. The van der Waals surface area contributed by atoms with E-state index in [1.165, 1.54) is 16.7 Å². The zero-order valence-corrected chi connectivity index (χ0v) is 12.1. The summed E-state index contributed by atoms with van der Waals surface area (Å²) in [6.45, 7) is 2.02. The van der Waals surface area contributed by atoms with Crippen molar-refractivity contribution in [3.63, 3.8) is 0 Å². The highest BCUT2D eigenvalue weighted by atomic mass is 14.8. The van der Waals surface area contributed by atoms with E-state index in [-0.39, 0.29) is 5.54 Å². The van der Waals surface area contributed by atoms with Crippen LogP contribution in [0.4, 0.5) is 0 Å². The Balaban J connectivity index is 1.89. The number of hydrogen-bond acceptors (Lipinski definition) is 2. The van der Waals surface area contributed by atoms with Crippen LogP contribution in [0.5, 0.6) is 0 Å².